The van der Waals surface area contributed by atoms with Crippen molar-refractivity contribution in [3.05, 3.63) is 24.8 Å². The van der Waals surface area contributed by atoms with Crippen LogP contribution in [0.2, 0.25) is 0 Å². The largest absolute Gasteiger partial charge is 0.228 e. The maximum Gasteiger partial charge on any atom is 0.163 e. The van der Waals surface area contributed by atoms with Crippen LogP contribution in [0.5, 0.6) is 0 Å². The Morgan fingerprint density at radius 2 is 1.92 bits per heavy atom. The molecule has 0 saturated carbocycles. The first-order chi connectivity index (χ1) is 5.62. The van der Waals surface area contributed by atoms with E-state index in [1.807, 2.05) is 6.92 Å². The predicted octanol–water partition coefficient (Wildman–Crippen LogP) is 1.69. The first kappa shape index (κ1) is 9.52. The highest BCUT2D eigenvalue weighted by Gasteiger charge is 2.36. The molecule has 0 unspecified atom stereocenters. The van der Waals surface area contributed by atoms with Crippen LogP contribution in [0, 0.1) is 0 Å². The van der Waals surface area contributed by atoms with Crippen LogP contribution in [-0.4, -0.2) is 18.9 Å². The molecule has 0 aromatic rings. The molecule has 1 fully saturated rings. The van der Waals surface area contributed by atoms with E-state index in [4.69, 9.17) is 0 Å². The summed E-state index contributed by atoms with van der Waals surface area (Å²) < 4.78 is 23.2. The monoisotopic (exact) mass is 186 g/mol. The number of sulfone groups is 1. The van der Waals surface area contributed by atoms with Crippen LogP contribution in [0.1, 0.15) is 19.8 Å². The second kappa shape index (κ2) is 3.44. The van der Waals surface area contributed by atoms with Gasteiger partial charge in [0.1, 0.15) is 0 Å². The molecule has 0 amide bonds. The zero-order valence-electron chi connectivity index (χ0n) is 7.23. The fourth-order valence-electron chi connectivity index (χ4n) is 1.55. The Hall–Kier alpha value is -0.570. The normalized spacial score (nSPS) is 34.1. The topological polar surface area (TPSA) is 34.1 Å². The average molecular weight is 186 g/mol. The van der Waals surface area contributed by atoms with Gasteiger partial charge >= 0.3 is 0 Å². The number of hydrogen-bond donors (Lipinski definition) is 0. The second-order valence-electron chi connectivity index (χ2n) is 3.00. The summed E-state index contributed by atoms with van der Waals surface area (Å²) in [6, 6.07) is 0. The van der Waals surface area contributed by atoms with E-state index in [0.717, 1.165) is 12.8 Å². The third kappa shape index (κ3) is 1.46. The summed E-state index contributed by atoms with van der Waals surface area (Å²) in [6.45, 7) is 5.37. The fourth-order valence-corrected chi connectivity index (χ4v) is 3.58. The van der Waals surface area contributed by atoms with E-state index in [1.54, 1.807) is 18.2 Å². The van der Waals surface area contributed by atoms with Gasteiger partial charge in [-0.2, -0.15) is 0 Å². The highest BCUT2D eigenvalue weighted by atomic mass is 32.2. The van der Waals surface area contributed by atoms with Gasteiger partial charge in [0, 0.05) is 0 Å². The lowest BCUT2D eigenvalue weighted by molar-refractivity contribution is 0.593. The summed E-state index contributed by atoms with van der Waals surface area (Å²) in [6.07, 6.45) is 6.57. The van der Waals surface area contributed by atoms with Crippen molar-refractivity contribution in [3.8, 4) is 0 Å². The Labute approximate surface area is 73.9 Å². The van der Waals surface area contributed by atoms with Gasteiger partial charge in [-0.3, -0.25) is 0 Å². The van der Waals surface area contributed by atoms with Crippen LogP contribution in [-0.2, 0) is 9.84 Å². The molecule has 12 heavy (non-hydrogen) atoms. The smallest absolute Gasteiger partial charge is 0.163 e. The maximum atomic E-state index is 11.6. The highest BCUT2D eigenvalue weighted by Crippen LogP contribution is 2.28. The molecule has 1 heterocycles. The zero-order chi connectivity index (χ0) is 9.19. The molecule has 2 nitrogen and oxygen atoms in total. The number of hydrogen-bond acceptors (Lipinski definition) is 2. The third-order valence-electron chi connectivity index (χ3n) is 2.25. The molecule has 0 bridgehead atoms. The summed E-state index contributed by atoms with van der Waals surface area (Å²) in [7, 11) is -2.94. The van der Waals surface area contributed by atoms with Gasteiger partial charge in [-0.1, -0.05) is 18.2 Å². The van der Waals surface area contributed by atoms with Crippen LogP contribution in [0.25, 0.3) is 0 Å². The number of allylic oxidation sites excluding steroid dienone is 1. The SMILES string of the molecule is C=C[C@H]1CC[C@H](C=CC)S1(=O)=O. The fraction of sp³-hybridized carbons (Fsp3) is 0.556. The summed E-state index contributed by atoms with van der Waals surface area (Å²) in [5, 5.41) is -0.593. The van der Waals surface area contributed by atoms with Gasteiger partial charge < -0.3 is 0 Å². The summed E-state index contributed by atoms with van der Waals surface area (Å²) in [4.78, 5) is 0. The van der Waals surface area contributed by atoms with Crippen molar-refractivity contribution < 1.29 is 8.42 Å². The summed E-state index contributed by atoms with van der Waals surface area (Å²) >= 11 is 0. The molecule has 68 valence electrons. The van der Waals surface area contributed by atoms with Gasteiger partial charge in [0.15, 0.2) is 9.84 Å². The van der Waals surface area contributed by atoms with Gasteiger partial charge in [0.2, 0.25) is 0 Å². The Kier molecular flexibility index (Phi) is 2.73. The Morgan fingerprint density at radius 3 is 2.33 bits per heavy atom. The second-order valence-corrected chi connectivity index (χ2v) is 5.39. The van der Waals surface area contributed by atoms with E-state index in [-0.39, 0.29) is 10.5 Å². The molecule has 1 rings (SSSR count). The van der Waals surface area contributed by atoms with Crippen molar-refractivity contribution in [2.45, 2.75) is 30.3 Å². The summed E-state index contributed by atoms with van der Waals surface area (Å²) in [5.74, 6) is 0. The molecule has 0 spiro atoms. The average Bonchev–Trinajstić information content (AvgIpc) is 2.28. The maximum absolute atomic E-state index is 11.6. The molecular formula is C9H14O2S. The molecule has 0 radical (unpaired) electrons. The van der Waals surface area contributed by atoms with Crippen molar-refractivity contribution in [2.75, 3.05) is 0 Å². The lowest BCUT2D eigenvalue weighted by Gasteiger charge is -2.05. The molecule has 0 aromatic heterocycles. The van der Waals surface area contributed by atoms with Crippen LogP contribution >= 0.6 is 0 Å². The standard InChI is InChI=1S/C9H14O2S/c1-3-5-9-7-6-8(4-2)12(9,10)11/h3-5,8-9H,2,6-7H2,1H3/t8-,9-/m0/s1. The minimum Gasteiger partial charge on any atom is -0.228 e. The number of rotatable bonds is 2. The van der Waals surface area contributed by atoms with E-state index in [2.05, 4.69) is 6.58 Å². The highest BCUT2D eigenvalue weighted by molar-refractivity contribution is 7.93. The van der Waals surface area contributed by atoms with E-state index in [0.29, 0.717) is 0 Å². The lowest BCUT2D eigenvalue weighted by Crippen LogP contribution is -2.19. The zero-order valence-corrected chi connectivity index (χ0v) is 8.05. The van der Waals surface area contributed by atoms with Gasteiger partial charge in [-0.25, -0.2) is 8.42 Å². The quantitative estimate of drug-likeness (QED) is 0.615. The Morgan fingerprint density at radius 1 is 1.33 bits per heavy atom. The van der Waals surface area contributed by atoms with Crippen LogP contribution < -0.4 is 0 Å². The molecule has 0 aliphatic carbocycles. The van der Waals surface area contributed by atoms with Crippen LogP contribution in [0.4, 0.5) is 0 Å². The molecule has 1 aliphatic heterocycles. The summed E-state index contributed by atoms with van der Waals surface area (Å²) in [5.41, 5.74) is 0. The van der Waals surface area contributed by atoms with Crippen molar-refractivity contribution in [3.63, 3.8) is 0 Å². The van der Waals surface area contributed by atoms with Crippen molar-refractivity contribution in [1.82, 2.24) is 0 Å². The van der Waals surface area contributed by atoms with Crippen molar-refractivity contribution >= 4 is 9.84 Å². The van der Waals surface area contributed by atoms with Gasteiger partial charge in [-0.15, -0.1) is 6.58 Å². The van der Waals surface area contributed by atoms with E-state index >= 15 is 0 Å². The van der Waals surface area contributed by atoms with Crippen LogP contribution in [0.3, 0.4) is 0 Å². The molecule has 2 atom stereocenters. The van der Waals surface area contributed by atoms with E-state index < -0.39 is 9.84 Å². The molecular weight excluding hydrogens is 172 g/mol. The Balaban J connectivity index is 2.93. The minimum atomic E-state index is -2.94. The molecule has 0 N–H and O–H groups in total. The first-order valence-corrected chi connectivity index (χ1v) is 5.72. The van der Waals surface area contributed by atoms with Gasteiger partial charge in [-0.05, 0) is 19.8 Å². The van der Waals surface area contributed by atoms with Crippen molar-refractivity contribution in [1.29, 1.82) is 0 Å². The van der Waals surface area contributed by atoms with Crippen LogP contribution in [0.15, 0.2) is 24.8 Å². The molecule has 1 saturated heterocycles. The first-order valence-electron chi connectivity index (χ1n) is 4.11. The van der Waals surface area contributed by atoms with Gasteiger partial charge in [0.25, 0.3) is 0 Å². The van der Waals surface area contributed by atoms with E-state index in [9.17, 15) is 8.42 Å². The molecule has 3 heteroatoms. The minimum absolute atomic E-state index is 0.273. The van der Waals surface area contributed by atoms with Crippen molar-refractivity contribution in [2.24, 2.45) is 0 Å². The Bertz CT molecular complexity index is 288. The lowest BCUT2D eigenvalue weighted by atomic mass is 10.2. The third-order valence-corrected chi connectivity index (χ3v) is 4.76. The molecule has 0 aromatic carbocycles. The van der Waals surface area contributed by atoms with E-state index in [1.165, 1.54) is 0 Å². The predicted molar refractivity (Wildman–Crippen MR) is 50.7 cm³/mol. The van der Waals surface area contributed by atoms with Gasteiger partial charge in [0.05, 0.1) is 10.5 Å². The molecule has 1 aliphatic rings.